The summed E-state index contributed by atoms with van der Waals surface area (Å²) in [6.07, 6.45) is 7.38. The van der Waals surface area contributed by atoms with Crippen molar-refractivity contribution < 1.29 is 28.6 Å². The third kappa shape index (κ3) is 10.1. The fourth-order valence-corrected chi connectivity index (χ4v) is 1.17. The summed E-state index contributed by atoms with van der Waals surface area (Å²) in [7, 11) is 0. The van der Waals surface area contributed by atoms with E-state index < -0.39 is 24.0 Å². The van der Waals surface area contributed by atoms with Gasteiger partial charge in [0.2, 0.25) is 0 Å². The van der Waals surface area contributed by atoms with Crippen LogP contribution in [-0.2, 0) is 28.6 Å². The zero-order chi connectivity index (χ0) is 16.1. The molecule has 0 saturated heterocycles. The first kappa shape index (κ1) is 18.6. The van der Waals surface area contributed by atoms with Gasteiger partial charge >= 0.3 is 17.9 Å². The van der Waals surface area contributed by atoms with Crippen LogP contribution in [0.15, 0.2) is 36.5 Å². The molecule has 6 nitrogen and oxygen atoms in total. The van der Waals surface area contributed by atoms with Gasteiger partial charge in [0.25, 0.3) is 0 Å². The average molecular weight is 296 g/mol. The van der Waals surface area contributed by atoms with Crippen molar-refractivity contribution in [3.63, 3.8) is 0 Å². The lowest BCUT2D eigenvalue weighted by Crippen LogP contribution is -2.29. The summed E-state index contributed by atoms with van der Waals surface area (Å²) in [6, 6.07) is 0. The molecule has 0 N–H and O–H groups in total. The van der Waals surface area contributed by atoms with Gasteiger partial charge in [0.1, 0.15) is 13.2 Å². The summed E-state index contributed by atoms with van der Waals surface area (Å²) >= 11 is 0. The van der Waals surface area contributed by atoms with Crippen LogP contribution in [0.3, 0.4) is 0 Å². The van der Waals surface area contributed by atoms with E-state index >= 15 is 0 Å². The second kappa shape index (κ2) is 11.5. The lowest BCUT2D eigenvalue weighted by Gasteiger charge is -2.16. The van der Waals surface area contributed by atoms with E-state index in [0.717, 1.165) is 0 Å². The zero-order valence-corrected chi connectivity index (χ0v) is 12.4. The standard InChI is InChI=1S/C15H20O6/c1-4-7-13(16)19-10-12(21-15(18)9-6-3)11-20-14(17)8-5-2/h4-9,12H,10-11H2,1-3H3/b7-4-,8-5-,9-6-. The fraction of sp³-hybridized carbons (Fsp3) is 0.400. The van der Waals surface area contributed by atoms with Gasteiger partial charge in [-0.15, -0.1) is 0 Å². The molecule has 0 aromatic carbocycles. The quantitative estimate of drug-likeness (QED) is 0.385. The number of esters is 3. The topological polar surface area (TPSA) is 78.9 Å². The summed E-state index contributed by atoms with van der Waals surface area (Å²) in [5.74, 6) is -1.74. The van der Waals surface area contributed by atoms with E-state index in [1.807, 2.05) is 0 Å². The van der Waals surface area contributed by atoms with Crippen molar-refractivity contribution >= 4 is 17.9 Å². The maximum atomic E-state index is 11.4. The Morgan fingerprint density at radius 1 is 0.762 bits per heavy atom. The van der Waals surface area contributed by atoms with E-state index in [-0.39, 0.29) is 13.2 Å². The van der Waals surface area contributed by atoms with Crippen LogP contribution in [0.1, 0.15) is 20.8 Å². The maximum absolute atomic E-state index is 11.4. The number of carbonyl (C=O) groups is 3. The Labute approximate surface area is 124 Å². The predicted octanol–water partition coefficient (Wildman–Crippen LogP) is 1.71. The van der Waals surface area contributed by atoms with E-state index in [2.05, 4.69) is 0 Å². The van der Waals surface area contributed by atoms with Crippen molar-refractivity contribution in [2.45, 2.75) is 26.9 Å². The Bertz CT molecular complexity index is 405. The molecule has 0 rings (SSSR count). The van der Waals surface area contributed by atoms with Crippen LogP contribution in [-0.4, -0.2) is 37.2 Å². The summed E-state index contributed by atoms with van der Waals surface area (Å²) in [5, 5.41) is 0. The minimum absolute atomic E-state index is 0.199. The van der Waals surface area contributed by atoms with Crippen LogP contribution < -0.4 is 0 Å². The molecule has 0 spiro atoms. The summed E-state index contributed by atoms with van der Waals surface area (Å²) in [4.78, 5) is 33.8. The molecule has 0 unspecified atom stereocenters. The van der Waals surface area contributed by atoms with Gasteiger partial charge in [0.05, 0.1) is 0 Å². The summed E-state index contributed by atoms with van der Waals surface area (Å²) in [5.41, 5.74) is 0. The van der Waals surface area contributed by atoms with E-state index in [0.29, 0.717) is 0 Å². The van der Waals surface area contributed by atoms with Gasteiger partial charge in [-0.2, -0.15) is 0 Å². The Hall–Kier alpha value is -2.37. The van der Waals surface area contributed by atoms with E-state index in [4.69, 9.17) is 14.2 Å². The van der Waals surface area contributed by atoms with Crippen molar-refractivity contribution in [3.05, 3.63) is 36.5 Å². The van der Waals surface area contributed by atoms with Gasteiger partial charge in [0.15, 0.2) is 6.10 Å². The second-order valence-corrected chi connectivity index (χ2v) is 3.82. The van der Waals surface area contributed by atoms with Crippen LogP contribution in [0.4, 0.5) is 0 Å². The highest BCUT2D eigenvalue weighted by molar-refractivity contribution is 5.83. The highest BCUT2D eigenvalue weighted by Crippen LogP contribution is 1.99. The smallest absolute Gasteiger partial charge is 0.330 e. The third-order valence-corrected chi connectivity index (χ3v) is 2.01. The van der Waals surface area contributed by atoms with Crippen LogP contribution >= 0.6 is 0 Å². The van der Waals surface area contributed by atoms with Crippen LogP contribution in [0.5, 0.6) is 0 Å². The molecular formula is C15H20O6. The van der Waals surface area contributed by atoms with Gasteiger partial charge in [0, 0.05) is 18.2 Å². The van der Waals surface area contributed by atoms with E-state index in [1.165, 1.54) is 36.5 Å². The molecule has 0 aliphatic carbocycles. The molecule has 0 radical (unpaired) electrons. The Kier molecular flexibility index (Phi) is 10.2. The second-order valence-electron chi connectivity index (χ2n) is 3.82. The molecule has 0 aromatic heterocycles. The largest absolute Gasteiger partial charge is 0.458 e. The summed E-state index contributed by atoms with van der Waals surface area (Å²) < 4.78 is 14.8. The molecule has 0 saturated carbocycles. The number of ether oxygens (including phenoxy) is 3. The molecule has 0 amide bonds. The monoisotopic (exact) mass is 296 g/mol. The Morgan fingerprint density at radius 2 is 1.14 bits per heavy atom. The number of hydrogen-bond donors (Lipinski definition) is 0. The van der Waals surface area contributed by atoms with E-state index in [9.17, 15) is 14.4 Å². The van der Waals surface area contributed by atoms with Gasteiger partial charge in [-0.1, -0.05) is 18.2 Å². The first-order valence-corrected chi connectivity index (χ1v) is 6.45. The van der Waals surface area contributed by atoms with Crippen LogP contribution in [0.25, 0.3) is 0 Å². The van der Waals surface area contributed by atoms with Crippen molar-refractivity contribution in [1.82, 2.24) is 0 Å². The number of hydrogen-bond acceptors (Lipinski definition) is 6. The lowest BCUT2D eigenvalue weighted by molar-refractivity contribution is -0.160. The molecule has 0 aliphatic rings. The number of allylic oxidation sites excluding steroid dienone is 3. The predicted molar refractivity (Wildman–Crippen MR) is 76.2 cm³/mol. The average Bonchev–Trinajstić information content (AvgIpc) is 2.42. The molecule has 0 aliphatic heterocycles. The molecular weight excluding hydrogens is 276 g/mol. The molecule has 0 heterocycles. The highest BCUT2D eigenvalue weighted by Gasteiger charge is 2.17. The summed E-state index contributed by atoms with van der Waals surface area (Å²) in [6.45, 7) is 4.60. The molecule has 116 valence electrons. The Morgan fingerprint density at radius 3 is 1.52 bits per heavy atom. The van der Waals surface area contributed by atoms with Crippen LogP contribution in [0, 0.1) is 0 Å². The highest BCUT2D eigenvalue weighted by atomic mass is 16.6. The minimum atomic E-state index is -0.864. The number of rotatable bonds is 8. The molecule has 6 heteroatoms. The van der Waals surface area contributed by atoms with Gasteiger partial charge in [-0.3, -0.25) is 0 Å². The first-order chi connectivity index (χ1) is 10.0. The molecule has 21 heavy (non-hydrogen) atoms. The van der Waals surface area contributed by atoms with Gasteiger partial charge in [-0.25, -0.2) is 14.4 Å². The van der Waals surface area contributed by atoms with Crippen molar-refractivity contribution in [1.29, 1.82) is 0 Å². The third-order valence-electron chi connectivity index (χ3n) is 2.01. The molecule has 0 atom stereocenters. The maximum Gasteiger partial charge on any atom is 0.330 e. The van der Waals surface area contributed by atoms with E-state index in [1.54, 1.807) is 20.8 Å². The van der Waals surface area contributed by atoms with Crippen LogP contribution in [0.2, 0.25) is 0 Å². The number of carbonyl (C=O) groups excluding carboxylic acids is 3. The van der Waals surface area contributed by atoms with Crippen molar-refractivity contribution in [2.75, 3.05) is 13.2 Å². The zero-order valence-electron chi connectivity index (χ0n) is 12.4. The van der Waals surface area contributed by atoms with Gasteiger partial charge < -0.3 is 14.2 Å². The molecule has 0 bridgehead atoms. The molecule has 0 fully saturated rings. The van der Waals surface area contributed by atoms with Crippen molar-refractivity contribution in [3.8, 4) is 0 Å². The fourth-order valence-electron chi connectivity index (χ4n) is 1.17. The minimum Gasteiger partial charge on any atom is -0.458 e. The SMILES string of the molecule is C/C=C\C(=O)OCC(COC(=O)/C=C\C)OC(=O)/C=C\C. The Balaban J connectivity index is 4.49. The van der Waals surface area contributed by atoms with Gasteiger partial charge in [-0.05, 0) is 20.8 Å². The first-order valence-electron chi connectivity index (χ1n) is 6.45. The lowest BCUT2D eigenvalue weighted by atomic mass is 10.4. The normalized spacial score (nSPS) is 11.4. The van der Waals surface area contributed by atoms with Crippen molar-refractivity contribution in [2.24, 2.45) is 0 Å². The molecule has 0 aromatic rings.